The van der Waals surface area contributed by atoms with Crippen LogP contribution in [0.3, 0.4) is 0 Å². The molecule has 0 heterocycles. The molecular formula is C38H64O6. The number of rotatable bonds is 29. The van der Waals surface area contributed by atoms with E-state index in [0.717, 1.165) is 50.9 Å². The second kappa shape index (κ2) is 32.0. The zero-order valence-corrected chi connectivity index (χ0v) is 28.2. The van der Waals surface area contributed by atoms with Crippen molar-refractivity contribution >= 4 is 11.9 Å². The summed E-state index contributed by atoms with van der Waals surface area (Å²) in [5.74, 6) is 0.157. The van der Waals surface area contributed by atoms with Crippen LogP contribution in [0.4, 0.5) is 0 Å². The normalized spacial score (nSPS) is 14.4. The van der Waals surface area contributed by atoms with E-state index in [2.05, 4.69) is 44.2 Å². The zero-order chi connectivity index (χ0) is 32.5. The van der Waals surface area contributed by atoms with Crippen LogP contribution in [0.15, 0.2) is 60.8 Å². The molecule has 0 fully saturated rings. The first-order valence-corrected chi connectivity index (χ1v) is 17.3. The fourth-order valence-electron chi connectivity index (χ4n) is 4.41. The molecule has 44 heavy (non-hydrogen) atoms. The van der Waals surface area contributed by atoms with Crippen LogP contribution in [0.5, 0.6) is 0 Å². The molecule has 2 N–H and O–H groups in total. The average Bonchev–Trinajstić information content (AvgIpc) is 3.02. The molecule has 0 saturated carbocycles. The van der Waals surface area contributed by atoms with Crippen molar-refractivity contribution in [2.24, 2.45) is 5.92 Å². The van der Waals surface area contributed by atoms with Gasteiger partial charge in [-0.15, -0.1) is 0 Å². The summed E-state index contributed by atoms with van der Waals surface area (Å²) < 4.78 is 10.5. The number of hydrogen-bond acceptors (Lipinski definition) is 6. The maximum Gasteiger partial charge on any atom is 0.306 e. The fraction of sp³-hybridized carbons (Fsp3) is 0.684. The van der Waals surface area contributed by atoms with E-state index in [1.165, 1.54) is 44.9 Å². The molecule has 252 valence electrons. The molecule has 6 nitrogen and oxygen atoms in total. The Hall–Kier alpha value is -2.44. The number of unbranched alkanes of at least 4 members (excludes halogenated alkanes) is 8. The second-order valence-corrected chi connectivity index (χ2v) is 11.7. The van der Waals surface area contributed by atoms with Gasteiger partial charge in [0.1, 0.15) is 6.61 Å². The summed E-state index contributed by atoms with van der Waals surface area (Å²) in [5.41, 5.74) is 0. The molecule has 0 saturated heterocycles. The maximum absolute atomic E-state index is 12.1. The van der Waals surface area contributed by atoms with Crippen LogP contribution in [0, 0.1) is 5.92 Å². The highest BCUT2D eigenvalue weighted by Crippen LogP contribution is 2.15. The monoisotopic (exact) mass is 616 g/mol. The highest BCUT2D eigenvalue weighted by molar-refractivity contribution is 5.70. The summed E-state index contributed by atoms with van der Waals surface area (Å²) in [4.78, 5) is 24.1. The first-order chi connectivity index (χ1) is 21.4. The lowest BCUT2D eigenvalue weighted by Crippen LogP contribution is -2.28. The third-order valence-electron chi connectivity index (χ3n) is 7.44. The van der Waals surface area contributed by atoms with Crippen molar-refractivity contribution in [2.75, 3.05) is 13.2 Å². The SMILES string of the molecule is CC/C=C\C(O)C/C=C/C=C\C/C=C\C/C=C\CCCC(=O)O[C@@H](CO)COC(=O)CCCCCCCCCCC(C)CC. The number of aliphatic hydroxyl groups excluding tert-OH is 2. The summed E-state index contributed by atoms with van der Waals surface area (Å²) in [7, 11) is 0. The van der Waals surface area contributed by atoms with Gasteiger partial charge in [0.15, 0.2) is 6.10 Å². The lowest BCUT2D eigenvalue weighted by Gasteiger charge is -2.15. The number of hydrogen-bond donors (Lipinski definition) is 2. The fourth-order valence-corrected chi connectivity index (χ4v) is 4.41. The van der Waals surface area contributed by atoms with Crippen LogP contribution in [0.1, 0.15) is 136 Å². The van der Waals surface area contributed by atoms with Gasteiger partial charge in [0.2, 0.25) is 0 Å². The minimum absolute atomic E-state index is 0.102. The Morgan fingerprint density at radius 2 is 1.34 bits per heavy atom. The van der Waals surface area contributed by atoms with Crippen LogP contribution in [-0.2, 0) is 19.1 Å². The molecule has 0 aromatic heterocycles. The number of esters is 2. The quantitative estimate of drug-likeness (QED) is 0.0377. The predicted molar refractivity (Wildman–Crippen MR) is 183 cm³/mol. The van der Waals surface area contributed by atoms with Crippen LogP contribution >= 0.6 is 0 Å². The Balaban J connectivity index is 3.78. The second-order valence-electron chi connectivity index (χ2n) is 11.7. The summed E-state index contributed by atoms with van der Waals surface area (Å²) >= 11 is 0. The lowest BCUT2D eigenvalue weighted by molar-refractivity contribution is -0.161. The molecule has 3 atom stereocenters. The molecule has 2 unspecified atom stereocenters. The van der Waals surface area contributed by atoms with E-state index >= 15 is 0 Å². The Morgan fingerprint density at radius 3 is 2.02 bits per heavy atom. The summed E-state index contributed by atoms with van der Waals surface area (Å²) in [6.45, 7) is 6.16. The van der Waals surface area contributed by atoms with Gasteiger partial charge < -0.3 is 19.7 Å². The highest BCUT2D eigenvalue weighted by atomic mass is 16.6. The van der Waals surface area contributed by atoms with Crippen molar-refractivity contribution in [1.82, 2.24) is 0 Å². The number of aliphatic hydroxyl groups is 2. The molecule has 0 aliphatic heterocycles. The minimum atomic E-state index is -0.813. The summed E-state index contributed by atoms with van der Waals surface area (Å²) in [6, 6.07) is 0. The molecular weight excluding hydrogens is 552 g/mol. The van der Waals surface area contributed by atoms with Crippen molar-refractivity contribution in [3.05, 3.63) is 60.8 Å². The van der Waals surface area contributed by atoms with Gasteiger partial charge in [-0.1, -0.05) is 139 Å². The van der Waals surface area contributed by atoms with Crippen molar-refractivity contribution < 1.29 is 29.3 Å². The van der Waals surface area contributed by atoms with E-state index < -0.39 is 12.2 Å². The third-order valence-corrected chi connectivity index (χ3v) is 7.44. The van der Waals surface area contributed by atoms with E-state index in [-0.39, 0.29) is 31.6 Å². The maximum atomic E-state index is 12.1. The van der Waals surface area contributed by atoms with Crippen molar-refractivity contribution in [1.29, 1.82) is 0 Å². The topological polar surface area (TPSA) is 93.1 Å². The Bertz CT molecular complexity index is 825. The van der Waals surface area contributed by atoms with Gasteiger partial charge in [0.05, 0.1) is 12.7 Å². The van der Waals surface area contributed by atoms with Crippen molar-refractivity contribution in [2.45, 2.75) is 149 Å². The smallest absolute Gasteiger partial charge is 0.306 e. The molecule has 0 amide bonds. The zero-order valence-electron chi connectivity index (χ0n) is 28.2. The molecule has 0 bridgehead atoms. The standard InChI is InChI=1S/C38H64O6/c1-4-6-28-35(40)29-24-20-16-11-9-7-8-10-12-18-22-26-31-38(42)44-36(32-39)33-43-37(41)30-25-21-17-14-13-15-19-23-27-34(3)5-2/h6-8,11-12,16,18,20,24,28,34-36,39-40H,4-5,9-10,13-15,17,19,21-23,25-27,29-33H2,1-3H3/b8-7-,16-11-,18-12-,24-20+,28-6-/t34?,35?,36-/m0/s1. The van der Waals surface area contributed by atoms with Crippen LogP contribution < -0.4 is 0 Å². The Morgan fingerprint density at radius 1 is 0.727 bits per heavy atom. The van der Waals surface area contributed by atoms with E-state index in [1.807, 2.05) is 37.3 Å². The average molecular weight is 617 g/mol. The molecule has 0 aromatic carbocycles. The van der Waals surface area contributed by atoms with Gasteiger partial charge in [0.25, 0.3) is 0 Å². The molecule has 6 heteroatoms. The third kappa shape index (κ3) is 29.6. The van der Waals surface area contributed by atoms with Crippen LogP contribution in [0.2, 0.25) is 0 Å². The number of ether oxygens (including phenoxy) is 2. The van der Waals surface area contributed by atoms with Gasteiger partial charge >= 0.3 is 11.9 Å². The number of carbonyl (C=O) groups excluding carboxylic acids is 2. The van der Waals surface area contributed by atoms with Crippen molar-refractivity contribution in [3.8, 4) is 0 Å². The number of allylic oxidation sites excluding steroid dienone is 8. The predicted octanol–water partition coefficient (Wildman–Crippen LogP) is 9.27. The van der Waals surface area contributed by atoms with Gasteiger partial charge in [-0.25, -0.2) is 0 Å². The van der Waals surface area contributed by atoms with Crippen LogP contribution in [-0.4, -0.2) is 47.6 Å². The lowest BCUT2D eigenvalue weighted by atomic mass is 9.99. The summed E-state index contributed by atoms with van der Waals surface area (Å²) in [6.07, 6.45) is 36.2. The first kappa shape index (κ1) is 41.6. The molecule has 0 aromatic rings. The summed E-state index contributed by atoms with van der Waals surface area (Å²) in [5, 5.41) is 19.2. The van der Waals surface area contributed by atoms with E-state index in [0.29, 0.717) is 19.3 Å². The van der Waals surface area contributed by atoms with E-state index in [1.54, 1.807) is 0 Å². The highest BCUT2D eigenvalue weighted by Gasteiger charge is 2.15. The Labute approximate surface area is 269 Å². The molecule has 0 radical (unpaired) electrons. The van der Waals surface area contributed by atoms with Gasteiger partial charge in [-0.2, -0.15) is 0 Å². The molecule has 0 spiro atoms. The molecule has 0 aliphatic carbocycles. The van der Waals surface area contributed by atoms with Crippen LogP contribution in [0.25, 0.3) is 0 Å². The van der Waals surface area contributed by atoms with Gasteiger partial charge in [-0.05, 0) is 50.9 Å². The molecule has 0 rings (SSSR count). The van der Waals surface area contributed by atoms with Crippen molar-refractivity contribution in [3.63, 3.8) is 0 Å². The number of carbonyl (C=O) groups is 2. The minimum Gasteiger partial charge on any atom is -0.462 e. The Kier molecular flexibility index (Phi) is 30.2. The largest absolute Gasteiger partial charge is 0.462 e. The van der Waals surface area contributed by atoms with Gasteiger partial charge in [-0.3, -0.25) is 9.59 Å². The van der Waals surface area contributed by atoms with Gasteiger partial charge in [0, 0.05) is 12.8 Å². The van der Waals surface area contributed by atoms with E-state index in [9.17, 15) is 19.8 Å². The molecule has 0 aliphatic rings. The first-order valence-electron chi connectivity index (χ1n) is 17.3. The van der Waals surface area contributed by atoms with E-state index in [4.69, 9.17) is 9.47 Å².